The zero-order valence-corrected chi connectivity index (χ0v) is 14.1. The number of para-hydroxylation sites is 1. The summed E-state index contributed by atoms with van der Waals surface area (Å²) in [5, 5.41) is 6.10. The van der Waals surface area contributed by atoms with Gasteiger partial charge in [-0.3, -0.25) is 0 Å². The number of alkyl carbamates (subject to hydrolysis) is 1. The van der Waals surface area contributed by atoms with E-state index in [9.17, 15) is 4.79 Å². The maximum Gasteiger partial charge on any atom is 0.407 e. The lowest BCUT2D eigenvalue weighted by Gasteiger charge is -2.19. The van der Waals surface area contributed by atoms with Crippen molar-refractivity contribution in [2.24, 2.45) is 0 Å². The molecule has 0 heterocycles. The summed E-state index contributed by atoms with van der Waals surface area (Å²) in [6.45, 7) is 7.90. The maximum absolute atomic E-state index is 11.4. The molecule has 0 aliphatic carbocycles. The average molecular weight is 308 g/mol. The molecule has 0 bridgehead atoms. The SMILES string of the molecule is COc1ccccc1CCNCCCNC(=O)OC(C)(C)C. The van der Waals surface area contributed by atoms with Gasteiger partial charge in [0.05, 0.1) is 7.11 Å². The first-order valence-electron chi connectivity index (χ1n) is 7.72. The van der Waals surface area contributed by atoms with Gasteiger partial charge in [0.1, 0.15) is 11.4 Å². The minimum atomic E-state index is -0.447. The van der Waals surface area contributed by atoms with Gasteiger partial charge in [-0.05, 0) is 58.3 Å². The molecule has 1 rings (SSSR count). The number of carbonyl (C=O) groups excluding carboxylic acids is 1. The van der Waals surface area contributed by atoms with Gasteiger partial charge in [0, 0.05) is 6.54 Å². The van der Waals surface area contributed by atoms with E-state index < -0.39 is 5.60 Å². The van der Waals surface area contributed by atoms with Crippen LogP contribution in [0.3, 0.4) is 0 Å². The highest BCUT2D eigenvalue weighted by atomic mass is 16.6. The van der Waals surface area contributed by atoms with Gasteiger partial charge in [-0.1, -0.05) is 18.2 Å². The molecule has 0 unspecified atom stereocenters. The molecule has 0 fully saturated rings. The molecule has 5 heteroatoms. The van der Waals surface area contributed by atoms with E-state index in [-0.39, 0.29) is 6.09 Å². The number of nitrogens with one attached hydrogen (secondary N) is 2. The van der Waals surface area contributed by atoms with Crippen LogP contribution in [0.15, 0.2) is 24.3 Å². The van der Waals surface area contributed by atoms with E-state index >= 15 is 0 Å². The van der Waals surface area contributed by atoms with E-state index in [1.54, 1.807) is 7.11 Å². The van der Waals surface area contributed by atoms with Gasteiger partial charge in [-0.15, -0.1) is 0 Å². The Labute approximate surface area is 133 Å². The molecule has 1 aromatic rings. The predicted molar refractivity (Wildman–Crippen MR) is 88.4 cm³/mol. The van der Waals surface area contributed by atoms with E-state index in [4.69, 9.17) is 9.47 Å². The number of amides is 1. The molecule has 0 aliphatic rings. The van der Waals surface area contributed by atoms with Crippen LogP contribution in [0, 0.1) is 0 Å². The monoisotopic (exact) mass is 308 g/mol. The van der Waals surface area contributed by atoms with Crippen LogP contribution in [0.25, 0.3) is 0 Å². The quantitative estimate of drug-likeness (QED) is 0.725. The average Bonchev–Trinajstić information content (AvgIpc) is 2.44. The predicted octanol–water partition coefficient (Wildman–Crippen LogP) is 2.74. The Bertz CT molecular complexity index is 455. The number of carbonyl (C=O) groups is 1. The summed E-state index contributed by atoms with van der Waals surface area (Å²) < 4.78 is 10.5. The molecule has 5 nitrogen and oxygen atoms in total. The molecular formula is C17H28N2O3. The zero-order chi connectivity index (χ0) is 16.4. The maximum atomic E-state index is 11.4. The third-order valence-electron chi connectivity index (χ3n) is 2.96. The number of benzene rings is 1. The minimum absolute atomic E-state index is 0.360. The summed E-state index contributed by atoms with van der Waals surface area (Å²) in [6, 6.07) is 8.03. The summed E-state index contributed by atoms with van der Waals surface area (Å²) in [4.78, 5) is 11.4. The molecule has 0 atom stereocenters. The molecule has 1 amide bonds. The Morgan fingerprint density at radius 1 is 1.14 bits per heavy atom. The molecule has 0 saturated heterocycles. The lowest BCUT2D eigenvalue weighted by Crippen LogP contribution is -2.34. The lowest BCUT2D eigenvalue weighted by atomic mass is 10.1. The summed E-state index contributed by atoms with van der Waals surface area (Å²) in [6.07, 6.45) is 1.43. The number of methoxy groups -OCH3 is 1. The van der Waals surface area contributed by atoms with Crippen molar-refractivity contribution in [2.45, 2.75) is 39.2 Å². The van der Waals surface area contributed by atoms with Crippen molar-refractivity contribution < 1.29 is 14.3 Å². The van der Waals surface area contributed by atoms with Crippen molar-refractivity contribution >= 4 is 6.09 Å². The van der Waals surface area contributed by atoms with Crippen molar-refractivity contribution in [3.63, 3.8) is 0 Å². The van der Waals surface area contributed by atoms with E-state index in [2.05, 4.69) is 16.7 Å². The van der Waals surface area contributed by atoms with Gasteiger partial charge < -0.3 is 20.1 Å². The van der Waals surface area contributed by atoms with E-state index in [1.807, 2.05) is 39.0 Å². The third kappa shape index (κ3) is 7.88. The summed E-state index contributed by atoms with van der Waals surface area (Å²) in [5.41, 5.74) is 0.751. The fourth-order valence-electron chi connectivity index (χ4n) is 1.98. The second kappa shape index (κ2) is 9.30. The van der Waals surface area contributed by atoms with Gasteiger partial charge in [0.15, 0.2) is 0 Å². The number of ether oxygens (including phenoxy) is 2. The Morgan fingerprint density at radius 2 is 1.86 bits per heavy atom. The second-order valence-corrected chi connectivity index (χ2v) is 6.09. The van der Waals surface area contributed by atoms with Crippen LogP contribution in [-0.2, 0) is 11.2 Å². The zero-order valence-electron chi connectivity index (χ0n) is 14.1. The molecule has 0 aliphatic heterocycles. The van der Waals surface area contributed by atoms with E-state index in [0.717, 1.165) is 31.7 Å². The summed E-state index contributed by atoms with van der Waals surface area (Å²) in [7, 11) is 1.69. The van der Waals surface area contributed by atoms with Crippen LogP contribution < -0.4 is 15.4 Å². The van der Waals surface area contributed by atoms with Gasteiger partial charge in [-0.2, -0.15) is 0 Å². The second-order valence-electron chi connectivity index (χ2n) is 6.09. The molecule has 0 spiro atoms. The Morgan fingerprint density at radius 3 is 2.55 bits per heavy atom. The number of rotatable bonds is 8. The van der Waals surface area contributed by atoms with Crippen molar-refractivity contribution in [1.82, 2.24) is 10.6 Å². The smallest absolute Gasteiger partial charge is 0.407 e. The van der Waals surface area contributed by atoms with Gasteiger partial charge in [0.25, 0.3) is 0 Å². The molecular weight excluding hydrogens is 280 g/mol. The van der Waals surface area contributed by atoms with Crippen molar-refractivity contribution in [3.05, 3.63) is 29.8 Å². The number of hydrogen-bond acceptors (Lipinski definition) is 4. The van der Waals surface area contributed by atoms with E-state index in [1.165, 1.54) is 5.56 Å². The van der Waals surface area contributed by atoms with Gasteiger partial charge in [0.2, 0.25) is 0 Å². The molecule has 1 aromatic carbocycles. The molecule has 2 N–H and O–H groups in total. The highest BCUT2D eigenvalue weighted by Crippen LogP contribution is 2.17. The normalized spacial score (nSPS) is 11.1. The van der Waals surface area contributed by atoms with Crippen molar-refractivity contribution in [1.29, 1.82) is 0 Å². The van der Waals surface area contributed by atoms with Crippen LogP contribution in [-0.4, -0.2) is 38.4 Å². The van der Waals surface area contributed by atoms with Gasteiger partial charge in [-0.25, -0.2) is 4.79 Å². The van der Waals surface area contributed by atoms with Gasteiger partial charge >= 0.3 is 6.09 Å². The fraction of sp³-hybridized carbons (Fsp3) is 0.588. The molecule has 0 radical (unpaired) electrons. The van der Waals surface area contributed by atoms with E-state index in [0.29, 0.717) is 6.54 Å². The number of hydrogen-bond donors (Lipinski definition) is 2. The lowest BCUT2D eigenvalue weighted by molar-refractivity contribution is 0.0527. The first-order chi connectivity index (χ1) is 10.4. The fourth-order valence-corrected chi connectivity index (χ4v) is 1.98. The summed E-state index contributed by atoms with van der Waals surface area (Å²) >= 11 is 0. The standard InChI is InChI=1S/C17H28N2O3/c1-17(2,3)22-16(20)19-12-7-11-18-13-10-14-8-5-6-9-15(14)21-4/h5-6,8-9,18H,7,10-13H2,1-4H3,(H,19,20). The molecule has 22 heavy (non-hydrogen) atoms. The Hall–Kier alpha value is -1.75. The first kappa shape index (κ1) is 18.3. The minimum Gasteiger partial charge on any atom is -0.496 e. The highest BCUT2D eigenvalue weighted by molar-refractivity contribution is 5.67. The molecule has 0 aromatic heterocycles. The van der Waals surface area contributed by atoms with Crippen LogP contribution >= 0.6 is 0 Å². The van der Waals surface area contributed by atoms with Crippen molar-refractivity contribution in [3.8, 4) is 5.75 Å². The Kier molecular flexibility index (Phi) is 7.74. The largest absolute Gasteiger partial charge is 0.496 e. The highest BCUT2D eigenvalue weighted by Gasteiger charge is 2.15. The first-order valence-corrected chi connectivity index (χ1v) is 7.72. The summed E-state index contributed by atoms with van der Waals surface area (Å²) in [5.74, 6) is 0.927. The van der Waals surface area contributed by atoms with Crippen LogP contribution in [0.4, 0.5) is 4.79 Å². The van der Waals surface area contributed by atoms with Crippen molar-refractivity contribution in [2.75, 3.05) is 26.7 Å². The van der Waals surface area contributed by atoms with Crippen LogP contribution in [0.5, 0.6) is 5.75 Å². The Balaban J connectivity index is 2.08. The van der Waals surface area contributed by atoms with Crippen LogP contribution in [0.2, 0.25) is 0 Å². The third-order valence-corrected chi connectivity index (χ3v) is 2.96. The van der Waals surface area contributed by atoms with Crippen LogP contribution in [0.1, 0.15) is 32.8 Å². The molecule has 124 valence electrons. The molecule has 0 saturated carbocycles. The topological polar surface area (TPSA) is 59.6 Å².